The van der Waals surface area contributed by atoms with E-state index in [1.807, 2.05) is 0 Å². The molecule has 0 unspecified atom stereocenters. The van der Waals surface area contributed by atoms with Gasteiger partial charge in [0, 0.05) is 26.3 Å². The van der Waals surface area contributed by atoms with Gasteiger partial charge in [-0.3, -0.25) is 14.3 Å². The summed E-state index contributed by atoms with van der Waals surface area (Å²) < 4.78 is 1.47. The number of rotatable bonds is 4. The standard InChI is InChI=1S/C12H19N5O2/c1-15(8-12(19)16-4-2-3-5-16)11(18)9-17-7-10(13)6-14-17/h6-7H,2-5,8-9,13H2,1H3. The maximum Gasteiger partial charge on any atom is 0.244 e. The molecule has 2 heterocycles. The van der Waals surface area contributed by atoms with Gasteiger partial charge in [-0.2, -0.15) is 5.10 Å². The molecular weight excluding hydrogens is 246 g/mol. The van der Waals surface area contributed by atoms with E-state index in [9.17, 15) is 9.59 Å². The van der Waals surface area contributed by atoms with Crippen molar-refractivity contribution in [2.75, 3.05) is 32.4 Å². The number of hydrogen-bond acceptors (Lipinski definition) is 4. The molecule has 1 aromatic rings. The fourth-order valence-corrected chi connectivity index (χ4v) is 2.08. The first-order valence-corrected chi connectivity index (χ1v) is 6.36. The van der Waals surface area contributed by atoms with E-state index < -0.39 is 0 Å². The van der Waals surface area contributed by atoms with E-state index in [0.29, 0.717) is 5.69 Å². The zero-order valence-corrected chi connectivity index (χ0v) is 11.1. The summed E-state index contributed by atoms with van der Waals surface area (Å²) in [6.07, 6.45) is 5.18. The highest BCUT2D eigenvalue weighted by atomic mass is 16.2. The summed E-state index contributed by atoms with van der Waals surface area (Å²) in [5.74, 6) is -0.149. The van der Waals surface area contributed by atoms with Crippen LogP contribution >= 0.6 is 0 Å². The third-order valence-electron chi connectivity index (χ3n) is 3.21. The van der Waals surface area contributed by atoms with E-state index >= 15 is 0 Å². The number of nitrogen functional groups attached to an aromatic ring is 1. The Bertz CT molecular complexity index is 464. The van der Waals surface area contributed by atoms with Gasteiger partial charge in [0.25, 0.3) is 0 Å². The molecule has 0 aromatic carbocycles. The first kappa shape index (κ1) is 13.4. The molecule has 0 radical (unpaired) electrons. The lowest BCUT2D eigenvalue weighted by atomic mass is 10.4. The fraction of sp³-hybridized carbons (Fsp3) is 0.583. The Morgan fingerprint density at radius 2 is 2.11 bits per heavy atom. The van der Waals surface area contributed by atoms with Gasteiger partial charge in [0.15, 0.2) is 0 Å². The number of likely N-dealkylation sites (tertiary alicyclic amines) is 1. The number of nitrogens with two attached hydrogens (primary N) is 1. The van der Waals surface area contributed by atoms with Crippen LogP contribution in [0.5, 0.6) is 0 Å². The molecule has 0 bridgehead atoms. The molecule has 0 aliphatic carbocycles. The van der Waals surface area contributed by atoms with Crippen LogP contribution in [-0.4, -0.2) is 58.1 Å². The molecule has 1 saturated heterocycles. The van der Waals surface area contributed by atoms with Crippen LogP contribution in [-0.2, 0) is 16.1 Å². The second-order valence-electron chi connectivity index (χ2n) is 4.81. The number of likely N-dealkylation sites (N-methyl/N-ethyl adjacent to an activating group) is 1. The summed E-state index contributed by atoms with van der Waals surface area (Å²) in [6, 6.07) is 0. The van der Waals surface area contributed by atoms with Crippen LogP contribution in [0.25, 0.3) is 0 Å². The highest BCUT2D eigenvalue weighted by molar-refractivity contribution is 5.84. The average molecular weight is 265 g/mol. The predicted octanol–water partition coefficient (Wildman–Crippen LogP) is -0.454. The largest absolute Gasteiger partial charge is 0.396 e. The van der Waals surface area contributed by atoms with Gasteiger partial charge in [0.2, 0.25) is 11.8 Å². The first-order chi connectivity index (χ1) is 9.06. The van der Waals surface area contributed by atoms with Crippen LogP contribution in [0.4, 0.5) is 5.69 Å². The van der Waals surface area contributed by atoms with Crippen molar-refractivity contribution in [2.24, 2.45) is 0 Å². The fourth-order valence-electron chi connectivity index (χ4n) is 2.08. The van der Waals surface area contributed by atoms with Gasteiger partial charge in [0.05, 0.1) is 18.4 Å². The summed E-state index contributed by atoms with van der Waals surface area (Å²) in [5.41, 5.74) is 6.04. The van der Waals surface area contributed by atoms with Crippen LogP contribution in [0.3, 0.4) is 0 Å². The van der Waals surface area contributed by atoms with Gasteiger partial charge >= 0.3 is 0 Å². The van der Waals surface area contributed by atoms with Gasteiger partial charge in [0.1, 0.15) is 6.54 Å². The highest BCUT2D eigenvalue weighted by Gasteiger charge is 2.21. The van der Waals surface area contributed by atoms with Crippen molar-refractivity contribution in [1.82, 2.24) is 19.6 Å². The van der Waals surface area contributed by atoms with Crippen molar-refractivity contribution in [2.45, 2.75) is 19.4 Å². The normalized spacial score (nSPS) is 14.7. The smallest absolute Gasteiger partial charge is 0.244 e. The molecule has 2 rings (SSSR count). The molecule has 0 spiro atoms. The molecule has 1 aliphatic heterocycles. The molecule has 0 atom stereocenters. The van der Waals surface area contributed by atoms with Crippen molar-refractivity contribution >= 4 is 17.5 Å². The molecule has 2 amide bonds. The molecule has 7 nitrogen and oxygen atoms in total. The van der Waals surface area contributed by atoms with Gasteiger partial charge in [-0.15, -0.1) is 0 Å². The number of carbonyl (C=O) groups excluding carboxylic acids is 2. The number of nitrogens with zero attached hydrogens (tertiary/aromatic N) is 4. The highest BCUT2D eigenvalue weighted by Crippen LogP contribution is 2.08. The van der Waals surface area contributed by atoms with Crippen molar-refractivity contribution in [3.05, 3.63) is 12.4 Å². The molecule has 1 aliphatic rings. The average Bonchev–Trinajstić information content (AvgIpc) is 3.00. The van der Waals surface area contributed by atoms with Gasteiger partial charge in [-0.05, 0) is 12.8 Å². The second-order valence-corrected chi connectivity index (χ2v) is 4.81. The Kier molecular flexibility index (Phi) is 4.03. The minimum atomic E-state index is -0.157. The van der Waals surface area contributed by atoms with Crippen molar-refractivity contribution in [3.8, 4) is 0 Å². The SMILES string of the molecule is CN(CC(=O)N1CCCC1)C(=O)Cn1cc(N)cn1. The summed E-state index contributed by atoms with van der Waals surface area (Å²) in [4.78, 5) is 27.1. The third kappa shape index (κ3) is 3.46. The van der Waals surface area contributed by atoms with E-state index in [4.69, 9.17) is 5.73 Å². The zero-order chi connectivity index (χ0) is 13.8. The lowest BCUT2D eigenvalue weighted by Gasteiger charge is -2.21. The lowest BCUT2D eigenvalue weighted by molar-refractivity contribution is -0.139. The Morgan fingerprint density at radius 1 is 1.42 bits per heavy atom. The van der Waals surface area contributed by atoms with E-state index in [1.54, 1.807) is 18.1 Å². The Morgan fingerprint density at radius 3 is 2.68 bits per heavy atom. The zero-order valence-electron chi connectivity index (χ0n) is 11.1. The van der Waals surface area contributed by atoms with Crippen LogP contribution in [0.15, 0.2) is 12.4 Å². The number of amides is 2. The maximum absolute atomic E-state index is 11.9. The summed E-state index contributed by atoms with van der Waals surface area (Å²) in [7, 11) is 1.63. The maximum atomic E-state index is 11.9. The molecule has 104 valence electrons. The third-order valence-corrected chi connectivity index (χ3v) is 3.21. The monoisotopic (exact) mass is 265 g/mol. The van der Waals surface area contributed by atoms with Crippen LogP contribution in [0.2, 0.25) is 0 Å². The van der Waals surface area contributed by atoms with Crippen LogP contribution < -0.4 is 5.73 Å². The molecule has 0 saturated carbocycles. The van der Waals surface area contributed by atoms with E-state index in [0.717, 1.165) is 25.9 Å². The molecule has 19 heavy (non-hydrogen) atoms. The number of hydrogen-bond donors (Lipinski definition) is 1. The molecular formula is C12H19N5O2. The molecule has 2 N–H and O–H groups in total. The second kappa shape index (κ2) is 5.73. The van der Waals surface area contributed by atoms with Gasteiger partial charge < -0.3 is 15.5 Å². The van der Waals surface area contributed by atoms with Crippen LogP contribution in [0, 0.1) is 0 Å². The number of aromatic nitrogens is 2. The quantitative estimate of drug-likeness (QED) is 0.799. The van der Waals surface area contributed by atoms with Crippen LogP contribution in [0.1, 0.15) is 12.8 Å². The van der Waals surface area contributed by atoms with Gasteiger partial charge in [-0.25, -0.2) is 0 Å². The number of anilines is 1. The molecule has 1 aromatic heterocycles. The summed E-state index contributed by atoms with van der Waals surface area (Å²) in [5, 5.41) is 3.94. The minimum absolute atomic E-state index is 0.00771. The van der Waals surface area contributed by atoms with E-state index in [1.165, 1.54) is 15.8 Å². The summed E-state index contributed by atoms with van der Waals surface area (Å²) >= 11 is 0. The summed E-state index contributed by atoms with van der Waals surface area (Å²) in [6.45, 7) is 1.82. The Labute approximate surface area is 111 Å². The first-order valence-electron chi connectivity index (χ1n) is 6.36. The number of carbonyl (C=O) groups is 2. The Hall–Kier alpha value is -2.05. The molecule has 7 heteroatoms. The van der Waals surface area contributed by atoms with Crippen molar-refractivity contribution < 1.29 is 9.59 Å². The van der Waals surface area contributed by atoms with Gasteiger partial charge in [-0.1, -0.05) is 0 Å². The topological polar surface area (TPSA) is 84.5 Å². The van der Waals surface area contributed by atoms with Crippen molar-refractivity contribution in [1.29, 1.82) is 0 Å². The minimum Gasteiger partial charge on any atom is -0.396 e. The lowest BCUT2D eigenvalue weighted by Crippen LogP contribution is -2.41. The van der Waals surface area contributed by atoms with E-state index in [-0.39, 0.29) is 24.9 Å². The van der Waals surface area contributed by atoms with Crippen molar-refractivity contribution in [3.63, 3.8) is 0 Å². The van der Waals surface area contributed by atoms with E-state index in [2.05, 4.69) is 5.10 Å². The Balaban J connectivity index is 1.83. The predicted molar refractivity (Wildman–Crippen MR) is 70.1 cm³/mol. The molecule has 1 fully saturated rings.